The number of aromatic nitrogens is 2. The average molecular weight is 358 g/mol. The van der Waals surface area contributed by atoms with Gasteiger partial charge in [0.15, 0.2) is 11.5 Å². The molecule has 1 heterocycles. The average Bonchev–Trinajstić information content (AvgIpc) is 2.56. The molecule has 1 unspecified atom stereocenters. The molecular formula is C18H20ClN5O. The SMILES string of the molecule is CC(C)(C)C(Cl)Cc1ccc(NC(=O)Nc2cnc(C#N)cn2)cc1. The Kier molecular flexibility index (Phi) is 5.94. The highest BCUT2D eigenvalue weighted by molar-refractivity contribution is 6.21. The van der Waals surface area contributed by atoms with Gasteiger partial charge in [0.05, 0.1) is 12.4 Å². The molecule has 2 rings (SSSR count). The monoisotopic (exact) mass is 357 g/mol. The molecule has 2 aromatic rings. The van der Waals surface area contributed by atoms with Crippen LogP contribution in [0, 0.1) is 16.7 Å². The lowest BCUT2D eigenvalue weighted by Gasteiger charge is -2.25. The molecule has 1 aromatic carbocycles. The first-order valence-electron chi connectivity index (χ1n) is 7.81. The number of carbonyl (C=O) groups is 1. The van der Waals surface area contributed by atoms with E-state index in [4.69, 9.17) is 16.9 Å². The molecule has 130 valence electrons. The number of amides is 2. The van der Waals surface area contributed by atoms with E-state index in [0.717, 1.165) is 12.0 Å². The molecule has 0 spiro atoms. The highest BCUT2D eigenvalue weighted by Gasteiger charge is 2.22. The summed E-state index contributed by atoms with van der Waals surface area (Å²) in [6, 6.07) is 8.97. The fraction of sp³-hybridized carbons (Fsp3) is 0.333. The van der Waals surface area contributed by atoms with Crippen LogP contribution in [0.5, 0.6) is 0 Å². The van der Waals surface area contributed by atoms with Crippen molar-refractivity contribution in [3.8, 4) is 6.07 Å². The van der Waals surface area contributed by atoms with Crippen molar-refractivity contribution in [3.63, 3.8) is 0 Å². The number of urea groups is 1. The van der Waals surface area contributed by atoms with Gasteiger partial charge in [0.25, 0.3) is 0 Å². The maximum absolute atomic E-state index is 12.0. The van der Waals surface area contributed by atoms with Crippen molar-refractivity contribution in [1.82, 2.24) is 9.97 Å². The normalized spacial score (nSPS) is 12.1. The number of nitrogens with zero attached hydrogens (tertiary/aromatic N) is 3. The van der Waals surface area contributed by atoms with Crippen molar-refractivity contribution in [2.24, 2.45) is 5.41 Å². The van der Waals surface area contributed by atoms with E-state index in [1.165, 1.54) is 12.4 Å². The second-order valence-corrected chi connectivity index (χ2v) is 7.24. The molecule has 0 saturated carbocycles. The topological polar surface area (TPSA) is 90.7 Å². The number of alkyl halides is 1. The van der Waals surface area contributed by atoms with Crippen molar-refractivity contribution in [3.05, 3.63) is 47.9 Å². The number of rotatable bonds is 4. The number of halogens is 1. The molecule has 0 saturated heterocycles. The Morgan fingerprint density at radius 1 is 1.20 bits per heavy atom. The van der Waals surface area contributed by atoms with Crippen LogP contribution in [0.15, 0.2) is 36.7 Å². The van der Waals surface area contributed by atoms with E-state index in [1.807, 2.05) is 30.3 Å². The van der Waals surface area contributed by atoms with Gasteiger partial charge in [-0.25, -0.2) is 14.8 Å². The van der Waals surface area contributed by atoms with Crippen LogP contribution in [0.3, 0.4) is 0 Å². The molecule has 0 aliphatic rings. The first-order valence-corrected chi connectivity index (χ1v) is 8.25. The Morgan fingerprint density at radius 2 is 1.88 bits per heavy atom. The smallest absolute Gasteiger partial charge is 0.308 e. The Balaban J connectivity index is 1.91. The Labute approximate surface area is 152 Å². The summed E-state index contributed by atoms with van der Waals surface area (Å²) in [4.78, 5) is 19.7. The summed E-state index contributed by atoms with van der Waals surface area (Å²) in [6.07, 6.45) is 3.38. The predicted octanol–water partition coefficient (Wildman–Crippen LogP) is 4.19. The van der Waals surface area contributed by atoms with Gasteiger partial charge in [-0.3, -0.25) is 5.32 Å². The lowest BCUT2D eigenvalue weighted by atomic mass is 9.88. The summed E-state index contributed by atoms with van der Waals surface area (Å²) in [5, 5.41) is 14.0. The molecule has 2 amide bonds. The standard InChI is InChI=1S/C18H20ClN5O/c1-18(2,3)15(19)8-12-4-6-13(7-5-12)23-17(25)24-16-11-21-14(9-20)10-22-16/h4-7,10-11,15H,8H2,1-3H3,(H2,22,23,24,25). The second-order valence-electron chi connectivity index (χ2n) is 6.71. The summed E-state index contributed by atoms with van der Waals surface area (Å²) in [6.45, 7) is 6.32. The molecule has 0 bridgehead atoms. The third-order valence-corrected chi connectivity index (χ3v) is 4.38. The predicted molar refractivity (Wildman–Crippen MR) is 98.6 cm³/mol. The van der Waals surface area contributed by atoms with Gasteiger partial charge >= 0.3 is 6.03 Å². The second kappa shape index (κ2) is 7.95. The molecule has 1 aromatic heterocycles. The minimum Gasteiger partial charge on any atom is -0.308 e. The zero-order chi connectivity index (χ0) is 18.4. The summed E-state index contributed by atoms with van der Waals surface area (Å²) >= 11 is 6.41. The maximum Gasteiger partial charge on any atom is 0.324 e. The summed E-state index contributed by atoms with van der Waals surface area (Å²) in [5.41, 5.74) is 1.98. The van der Waals surface area contributed by atoms with Crippen molar-refractivity contribution < 1.29 is 4.79 Å². The number of hydrogen-bond acceptors (Lipinski definition) is 4. The zero-order valence-corrected chi connectivity index (χ0v) is 15.1. The molecule has 0 aliphatic heterocycles. The van der Waals surface area contributed by atoms with E-state index in [-0.39, 0.29) is 22.3 Å². The lowest BCUT2D eigenvalue weighted by Crippen LogP contribution is -2.23. The van der Waals surface area contributed by atoms with Gasteiger partial charge in [-0.1, -0.05) is 32.9 Å². The lowest BCUT2D eigenvalue weighted by molar-refractivity contribution is 0.262. The molecule has 0 aliphatic carbocycles. The zero-order valence-electron chi connectivity index (χ0n) is 14.4. The van der Waals surface area contributed by atoms with E-state index in [0.29, 0.717) is 5.69 Å². The molecule has 0 radical (unpaired) electrons. The van der Waals surface area contributed by atoms with E-state index in [1.54, 1.807) is 0 Å². The fourth-order valence-electron chi connectivity index (χ4n) is 1.97. The number of anilines is 2. The summed E-state index contributed by atoms with van der Waals surface area (Å²) in [5.74, 6) is 0.267. The van der Waals surface area contributed by atoms with Crippen molar-refractivity contribution in [1.29, 1.82) is 5.26 Å². The van der Waals surface area contributed by atoms with E-state index < -0.39 is 6.03 Å². The molecule has 0 fully saturated rings. The van der Waals surface area contributed by atoms with Crippen LogP contribution in [0.4, 0.5) is 16.3 Å². The summed E-state index contributed by atoms with van der Waals surface area (Å²) < 4.78 is 0. The molecule has 2 N–H and O–H groups in total. The van der Waals surface area contributed by atoms with E-state index >= 15 is 0 Å². The van der Waals surface area contributed by atoms with E-state index in [9.17, 15) is 4.79 Å². The molecule has 7 heteroatoms. The van der Waals surface area contributed by atoms with Crippen LogP contribution in [-0.2, 0) is 6.42 Å². The molecule has 25 heavy (non-hydrogen) atoms. The van der Waals surface area contributed by atoms with Crippen LogP contribution >= 0.6 is 11.6 Å². The highest BCUT2D eigenvalue weighted by atomic mass is 35.5. The molecule has 6 nitrogen and oxygen atoms in total. The first-order chi connectivity index (χ1) is 11.8. The van der Waals surface area contributed by atoms with Gasteiger partial charge < -0.3 is 5.32 Å². The Morgan fingerprint density at radius 3 is 2.40 bits per heavy atom. The van der Waals surface area contributed by atoms with Crippen molar-refractivity contribution in [2.75, 3.05) is 10.6 Å². The Bertz CT molecular complexity index is 760. The Hall–Kier alpha value is -2.65. The molecule has 1 atom stereocenters. The van der Waals surface area contributed by atoms with Crippen LogP contribution in [-0.4, -0.2) is 21.4 Å². The third kappa shape index (κ3) is 5.73. The number of benzene rings is 1. The fourth-order valence-corrected chi connectivity index (χ4v) is 2.14. The molecular weight excluding hydrogens is 338 g/mol. The number of hydrogen-bond donors (Lipinski definition) is 2. The van der Waals surface area contributed by atoms with Gasteiger partial charge in [-0.15, -0.1) is 11.6 Å². The number of carbonyl (C=O) groups excluding carboxylic acids is 1. The van der Waals surface area contributed by atoms with E-state index in [2.05, 4.69) is 41.4 Å². The third-order valence-electron chi connectivity index (χ3n) is 3.57. The summed E-state index contributed by atoms with van der Waals surface area (Å²) in [7, 11) is 0. The van der Waals surface area contributed by atoms with Crippen molar-refractivity contribution >= 4 is 29.1 Å². The highest BCUT2D eigenvalue weighted by Crippen LogP contribution is 2.27. The number of nitriles is 1. The number of nitrogens with one attached hydrogen (secondary N) is 2. The van der Waals surface area contributed by atoms with Gasteiger partial charge in [-0.05, 0) is 29.5 Å². The quantitative estimate of drug-likeness (QED) is 0.802. The minimum atomic E-state index is -0.434. The van der Waals surface area contributed by atoms with Crippen LogP contribution < -0.4 is 10.6 Å². The largest absolute Gasteiger partial charge is 0.324 e. The van der Waals surface area contributed by atoms with Gasteiger partial charge in [0.2, 0.25) is 0 Å². The van der Waals surface area contributed by atoms with Crippen LogP contribution in [0.2, 0.25) is 0 Å². The van der Waals surface area contributed by atoms with Gasteiger partial charge in [0, 0.05) is 11.1 Å². The van der Waals surface area contributed by atoms with Gasteiger partial charge in [-0.2, -0.15) is 5.26 Å². The van der Waals surface area contributed by atoms with Crippen LogP contribution in [0.1, 0.15) is 32.0 Å². The van der Waals surface area contributed by atoms with Crippen molar-refractivity contribution in [2.45, 2.75) is 32.6 Å². The first kappa shape index (κ1) is 18.7. The maximum atomic E-state index is 12.0. The van der Waals surface area contributed by atoms with Gasteiger partial charge in [0.1, 0.15) is 6.07 Å². The minimum absolute atomic E-state index is 0.0283. The van der Waals surface area contributed by atoms with Crippen LogP contribution in [0.25, 0.3) is 0 Å².